The van der Waals surface area contributed by atoms with E-state index in [1.165, 1.54) is 11.8 Å². The number of nitrogens with one attached hydrogen (secondary N) is 1. The average molecular weight is 310 g/mol. The molecule has 0 amide bonds. The van der Waals surface area contributed by atoms with Crippen LogP contribution in [0.5, 0.6) is 11.6 Å². The molecule has 0 saturated heterocycles. The second-order valence-corrected chi connectivity index (χ2v) is 5.45. The van der Waals surface area contributed by atoms with Gasteiger partial charge in [0.1, 0.15) is 11.6 Å². The first kappa shape index (κ1) is 14.9. The smallest absolute Gasteiger partial charge is 0.225 e. The van der Waals surface area contributed by atoms with Crippen LogP contribution in [-0.2, 0) is 0 Å². The number of hydrogen-bond acceptors (Lipinski definition) is 5. The molecular formula is C14H16ClN3OS. The fourth-order valence-electron chi connectivity index (χ4n) is 1.76. The van der Waals surface area contributed by atoms with Crippen LogP contribution in [-0.4, -0.2) is 23.3 Å². The van der Waals surface area contributed by atoms with E-state index in [-0.39, 0.29) is 0 Å². The normalized spacial score (nSPS) is 10.4. The molecule has 1 aromatic carbocycles. The lowest BCUT2D eigenvalue weighted by Gasteiger charge is -2.10. The van der Waals surface area contributed by atoms with E-state index in [0.29, 0.717) is 11.0 Å². The predicted molar refractivity (Wildman–Crippen MR) is 84.4 cm³/mol. The molecule has 6 heteroatoms. The van der Waals surface area contributed by atoms with Gasteiger partial charge in [0.2, 0.25) is 5.88 Å². The molecule has 106 valence electrons. The Morgan fingerprint density at radius 3 is 2.35 bits per heavy atom. The van der Waals surface area contributed by atoms with Crippen LogP contribution in [0.25, 0.3) is 0 Å². The molecule has 0 radical (unpaired) electrons. The molecule has 1 heterocycles. The third-order valence-corrected chi connectivity index (χ3v) is 3.90. The molecule has 2 aromatic rings. The number of benzene rings is 1. The number of thioether (sulfide) groups is 1. The van der Waals surface area contributed by atoms with Crippen molar-refractivity contribution in [1.82, 2.24) is 9.97 Å². The summed E-state index contributed by atoms with van der Waals surface area (Å²) >= 11 is 7.62. The zero-order chi connectivity index (χ0) is 14.7. The number of aryl methyl sites for hydroxylation is 2. The summed E-state index contributed by atoms with van der Waals surface area (Å²) in [7, 11) is 1.81. The maximum atomic E-state index is 6.15. The van der Waals surface area contributed by atoms with Gasteiger partial charge in [0, 0.05) is 18.1 Å². The lowest BCUT2D eigenvalue weighted by Crippen LogP contribution is -1.98. The molecule has 0 bridgehead atoms. The molecule has 0 aliphatic carbocycles. The Bertz CT molecular complexity index is 589. The Hall–Kier alpha value is -1.46. The Labute approximate surface area is 127 Å². The van der Waals surface area contributed by atoms with E-state index in [0.717, 1.165) is 27.7 Å². The number of aromatic nitrogens is 2. The van der Waals surface area contributed by atoms with Crippen LogP contribution < -0.4 is 10.1 Å². The first-order valence-corrected chi connectivity index (χ1v) is 7.69. The summed E-state index contributed by atoms with van der Waals surface area (Å²) in [5.41, 5.74) is 1.96. The van der Waals surface area contributed by atoms with Crippen molar-refractivity contribution < 1.29 is 4.74 Å². The first-order valence-electron chi connectivity index (χ1n) is 6.09. The summed E-state index contributed by atoms with van der Waals surface area (Å²) < 4.78 is 5.82. The summed E-state index contributed by atoms with van der Waals surface area (Å²) in [4.78, 5) is 8.63. The van der Waals surface area contributed by atoms with Gasteiger partial charge in [-0.2, -0.15) is 4.98 Å². The van der Waals surface area contributed by atoms with Crippen LogP contribution >= 0.6 is 23.4 Å². The molecule has 4 nitrogen and oxygen atoms in total. The molecule has 0 spiro atoms. The van der Waals surface area contributed by atoms with Gasteiger partial charge in [0.25, 0.3) is 0 Å². The van der Waals surface area contributed by atoms with E-state index >= 15 is 0 Å². The number of anilines is 1. The minimum Gasteiger partial charge on any atom is -0.439 e. The molecule has 0 atom stereocenters. The third-order valence-electron chi connectivity index (χ3n) is 2.75. The van der Waals surface area contributed by atoms with Crippen molar-refractivity contribution in [2.75, 3.05) is 18.6 Å². The van der Waals surface area contributed by atoms with Crippen LogP contribution in [0.3, 0.4) is 0 Å². The van der Waals surface area contributed by atoms with Crippen LogP contribution in [0.2, 0.25) is 5.02 Å². The van der Waals surface area contributed by atoms with Gasteiger partial charge in [-0.1, -0.05) is 23.4 Å². The minimum absolute atomic E-state index is 0.509. The van der Waals surface area contributed by atoms with Gasteiger partial charge in [-0.25, -0.2) is 4.98 Å². The maximum Gasteiger partial charge on any atom is 0.225 e. The van der Waals surface area contributed by atoms with Gasteiger partial charge < -0.3 is 10.1 Å². The zero-order valence-corrected chi connectivity index (χ0v) is 13.4. The summed E-state index contributed by atoms with van der Waals surface area (Å²) in [6, 6.07) is 5.56. The second-order valence-electron chi connectivity index (χ2n) is 4.30. The monoisotopic (exact) mass is 309 g/mol. The van der Waals surface area contributed by atoms with Crippen molar-refractivity contribution >= 4 is 29.2 Å². The molecule has 1 aromatic heterocycles. The number of nitrogens with zero attached hydrogens (tertiary/aromatic N) is 2. The number of hydrogen-bond donors (Lipinski definition) is 1. The van der Waals surface area contributed by atoms with Crippen molar-refractivity contribution in [1.29, 1.82) is 0 Å². The highest BCUT2D eigenvalue weighted by molar-refractivity contribution is 7.98. The predicted octanol–water partition coefficient (Wildman–Crippen LogP) is 4.30. The van der Waals surface area contributed by atoms with Crippen molar-refractivity contribution in [3.63, 3.8) is 0 Å². The van der Waals surface area contributed by atoms with Crippen molar-refractivity contribution in [3.05, 3.63) is 34.3 Å². The van der Waals surface area contributed by atoms with Gasteiger partial charge in [0.05, 0.1) is 0 Å². The fourth-order valence-corrected chi connectivity index (χ4v) is 2.24. The van der Waals surface area contributed by atoms with Crippen LogP contribution in [0.1, 0.15) is 11.1 Å². The van der Waals surface area contributed by atoms with Gasteiger partial charge >= 0.3 is 0 Å². The van der Waals surface area contributed by atoms with Gasteiger partial charge in [-0.15, -0.1) is 0 Å². The van der Waals surface area contributed by atoms with E-state index in [4.69, 9.17) is 16.3 Å². The Kier molecular flexibility index (Phi) is 4.73. The highest BCUT2D eigenvalue weighted by Crippen LogP contribution is 2.29. The van der Waals surface area contributed by atoms with Crippen LogP contribution in [0.4, 0.5) is 5.82 Å². The van der Waals surface area contributed by atoms with Crippen molar-refractivity contribution in [2.24, 2.45) is 0 Å². The van der Waals surface area contributed by atoms with Crippen molar-refractivity contribution in [2.45, 2.75) is 19.0 Å². The summed E-state index contributed by atoms with van der Waals surface area (Å²) in [5, 5.41) is 4.42. The van der Waals surface area contributed by atoms with E-state index in [2.05, 4.69) is 15.3 Å². The number of rotatable bonds is 4. The first-order chi connectivity index (χ1) is 9.53. The molecule has 20 heavy (non-hydrogen) atoms. The summed E-state index contributed by atoms with van der Waals surface area (Å²) in [6.07, 6.45) is 1.93. The fraction of sp³-hybridized carbons (Fsp3) is 0.286. The lowest BCUT2D eigenvalue weighted by molar-refractivity contribution is 0.455. The van der Waals surface area contributed by atoms with E-state index < -0.39 is 0 Å². The van der Waals surface area contributed by atoms with E-state index in [1.54, 1.807) is 6.07 Å². The molecule has 2 rings (SSSR count). The summed E-state index contributed by atoms with van der Waals surface area (Å²) in [5.74, 6) is 1.95. The Morgan fingerprint density at radius 1 is 1.15 bits per heavy atom. The number of halogens is 1. The standard InChI is InChI=1S/C14H16ClN3OS/c1-8-5-10(6-9(2)13(8)15)19-12-7-11(16-3)17-14(18-12)20-4/h5-7H,1-4H3,(H,16,17,18). The SMILES string of the molecule is CNc1cc(Oc2cc(C)c(Cl)c(C)c2)nc(SC)n1. The topological polar surface area (TPSA) is 47.0 Å². The van der Waals surface area contributed by atoms with E-state index in [9.17, 15) is 0 Å². The Balaban J connectivity index is 2.34. The van der Waals surface area contributed by atoms with Crippen molar-refractivity contribution in [3.8, 4) is 11.6 Å². The highest BCUT2D eigenvalue weighted by Gasteiger charge is 2.08. The third kappa shape index (κ3) is 3.35. The number of ether oxygens (including phenoxy) is 1. The molecule has 0 saturated carbocycles. The van der Waals surface area contributed by atoms with Crippen LogP contribution in [0, 0.1) is 13.8 Å². The zero-order valence-electron chi connectivity index (χ0n) is 11.8. The maximum absolute atomic E-state index is 6.15. The average Bonchev–Trinajstić information content (AvgIpc) is 2.44. The van der Waals surface area contributed by atoms with Gasteiger partial charge in [0.15, 0.2) is 5.16 Å². The van der Waals surface area contributed by atoms with E-state index in [1.807, 2.05) is 39.3 Å². The minimum atomic E-state index is 0.509. The second kappa shape index (κ2) is 6.33. The lowest BCUT2D eigenvalue weighted by atomic mass is 10.1. The Morgan fingerprint density at radius 2 is 1.80 bits per heavy atom. The molecule has 0 aliphatic rings. The quantitative estimate of drug-likeness (QED) is 0.674. The van der Waals surface area contributed by atoms with Gasteiger partial charge in [-0.3, -0.25) is 0 Å². The molecule has 0 fully saturated rings. The molecule has 0 unspecified atom stereocenters. The summed E-state index contributed by atoms with van der Waals surface area (Å²) in [6.45, 7) is 3.91. The molecule has 0 aliphatic heterocycles. The largest absolute Gasteiger partial charge is 0.439 e. The van der Waals surface area contributed by atoms with Gasteiger partial charge in [-0.05, 0) is 43.4 Å². The molecular weight excluding hydrogens is 294 g/mol. The highest BCUT2D eigenvalue weighted by atomic mass is 35.5. The molecule has 1 N–H and O–H groups in total. The van der Waals surface area contributed by atoms with Crippen LogP contribution in [0.15, 0.2) is 23.4 Å².